The summed E-state index contributed by atoms with van der Waals surface area (Å²) in [5.41, 5.74) is 2.29. The highest BCUT2D eigenvalue weighted by Crippen LogP contribution is 2.36. The largest absolute Gasteiger partial charge is 0.444 e. The van der Waals surface area contributed by atoms with Crippen LogP contribution in [-0.2, 0) is 11.3 Å². The molecule has 3 aromatic heterocycles. The SMILES string of the molecule is CSc1ncc2cc(-c3ccc(-c4cccc(C)n4)cc3Cl)c(=O)n(CCC3(C#N)CCN(C(=O)OC(C)(C)C)C3)c2n1. The maximum absolute atomic E-state index is 14.1. The number of amides is 1. The van der Waals surface area contributed by atoms with Crippen LogP contribution in [0.2, 0.25) is 5.02 Å². The summed E-state index contributed by atoms with van der Waals surface area (Å²) < 4.78 is 7.13. The molecular weight excluding hydrogens is 584 g/mol. The van der Waals surface area contributed by atoms with E-state index in [1.54, 1.807) is 21.7 Å². The molecule has 0 radical (unpaired) electrons. The summed E-state index contributed by atoms with van der Waals surface area (Å²) in [5, 5.41) is 11.9. The summed E-state index contributed by atoms with van der Waals surface area (Å²) >= 11 is 8.17. The fourth-order valence-corrected chi connectivity index (χ4v) is 5.89. The van der Waals surface area contributed by atoms with Gasteiger partial charge in [0.2, 0.25) is 0 Å². The Morgan fingerprint density at radius 2 is 1.98 bits per heavy atom. The van der Waals surface area contributed by atoms with Crippen molar-refractivity contribution in [2.24, 2.45) is 5.41 Å². The predicted octanol–water partition coefficient (Wildman–Crippen LogP) is 6.75. The molecule has 1 unspecified atom stereocenters. The minimum Gasteiger partial charge on any atom is -0.444 e. The number of rotatable bonds is 6. The molecule has 222 valence electrons. The number of pyridine rings is 2. The molecule has 0 spiro atoms. The Kier molecular flexibility index (Phi) is 8.50. The van der Waals surface area contributed by atoms with Gasteiger partial charge in [-0.15, -0.1) is 0 Å². The summed E-state index contributed by atoms with van der Waals surface area (Å²) in [6, 6.07) is 15.5. The Morgan fingerprint density at radius 1 is 1.19 bits per heavy atom. The van der Waals surface area contributed by atoms with Crippen molar-refractivity contribution >= 4 is 40.5 Å². The van der Waals surface area contributed by atoms with Crippen LogP contribution in [0, 0.1) is 23.7 Å². The van der Waals surface area contributed by atoms with Gasteiger partial charge in [0.1, 0.15) is 11.2 Å². The van der Waals surface area contributed by atoms with Gasteiger partial charge in [0.05, 0.1) is 17.2 Å². The van der Waals surface area contributed by atoms with Crippen LogP contribution in [0.5, 0.6) is 0 Å². The van der Waals surface area contributed by atoms with Crippen LogP contribution >= 0.6 is 23.4 Å². The van der Waals surface area contributed by atoms with Gasteiger partial charge in [-0.05, 0) is 71.1 Å². The van der Waals surface area contributed by atoms with Gasteiger partial charge < -0.3 is 9.64 Å². The van der Waals surface area contributed by atoms with E-state index >= 15 is 0 Å². The van der Waals surface area contributed by atoms with Gasteiger partial charge in [-0.2, -0.15) is 5.26 Å². The van der Waals surface area contributed by atoms with Crippen LogP contribution in [0.3, 0.4) is 0 Å². The Bertz CT molecular complexity index is 1810. The van der Waals surface area contributed by atoms with Gasteiger partial charge in [0, 0.05) is 58.6 Å². The highest BCUT2D eigenvalue weighted by atomic mass is 35.5. The average Bonchev–Trinajstić information content (AvgIpc) is 3.41. The molecule has 5 rings (SSSR count). The smallest absolute Gasteiger partial charge is 0.410 e. The molecule has 4 aromatic rings. The number of benzene rings is 1. The second kappa shape index (κ2) is 12.0. The number of hydrogen-bond donors (Lipinski definition) is 0. The normalized spacial score (nSPS) is 16.8. The quantitative estimate of drug-likeness (QED) is 0.173. The molecule has 1 amide bonds. The Labute approximate surface area is 259 Å². The lowest BCUT2D eigenvalue weighted by molar-refractivity contribution is 0.0279. The molecule has 9 nitrogen and oxygen atoms in total. The van der Waals surface area contributed by atoms with E-state index in [0.717, 1.165) is 17.0 Å². The number of fused-ring (bicyclic) bond motifs is 1. The lowest BCUT2D eigenvalue weighted by atomic mass is 9.85. The minimum absolute atomic E-state index is 0.229. The number of ether oxygens (including phenoxy) is 1. The van der Waals surface area contributed by atoms with Crippen molar-refractivity contribution in [3.63, 3.8) is 0 Å². The zero-order chi connectivity index (χ0) is 30.9. The number of likely N-dealkylation sites (tertiary alicyclic amines) is 1. The van der Waals surface area contributed by atoms with E-state index in [1.807, 2.05) is 70.3 Å². The molecule has 1 aliphatic rings. The van der Waals surface area contributed by atoms with Crippen molar-refractivity contribution in [1.82, 2.24) is 24.4 Å². The van der Waals surface area contributed by atoms with Crippen LogP contribution in [0.1, 0.15) is 39.3 Å². The van der Waals surface area contributed by atoms with E-state index < -0.39 is 17.1 Å². The molecule has 11 heteroatoms. The molecule has 0 N–H and O–H groups in total. The Balaban J connectivity index is 1.51. The molecule has 1 saturated heterocycles. The molecule has 4 heterocycles. The van der Waals surface area contributed by atoms with E-state index in [4.69, 9.17) is 16.3 Å². The van der Waals surface area contributed by atoms with Crippen molar-refractivity contribution in [3.05, 3.63) is 69.7 Å². The third kappa shape index (κ3) is 6.53. The second-order valence-corrected chi connectivity index (χ2v) is 13.0. The van der Waals surface area contributed by atoms with Crippen LogP contribution in [0.4, 0.5) is 4.79 Å². The van der Waals surface area contributed by atoms with E-state index in [-0.39, 0.29) is 18.6 Å². The number of nitriles is 1. The lowest BCUT2D eigenvalue weighted by Crippen LogP contribution is -2.37. The number of nitrogens with zero attached hydrogens (tertiary/aromatic N) is 6. The number of thioether (sulfide) groups is 1. The molecule has 1 fully saturated rings. The van der Waals surface area contributed by atoms with Crippen LogP contribution in [0.25, 0.3) is 33.4 Å². The fraction of sp³-hybridized carbons (Fsp3) is 0.375. The van der Waals surface area contributed by atoms with E-state index in [2.05, 4.69) is 21.0 Å². The molecule has 1 aliphatic heterocycles. The summed E-state index contributed by atoms with van der Waals surface area (Å²) in [6.45, 7) is 8.24. The Morgan fingerprint density at radius 3 is 2.65 bits per heavy atom. The molecule has 0 bridgehead atoms. The monoisotopic (exact) mass is 616 g/mol. The minimum atomic E-state index is -0.825. The Hall–Kier alpha value is -3.94. The standard InChI is InChI=1S/C32H33ClN6O3S/c1-20-7-6-8-26(36-20)21-9-10-23(25(33)16-21)24-15-22-17-35-29(43-5)37-27(22)39(28(24)40)14-12-32(18-34)11-13-38(19-32)30(41)42-31(2,3)4/h6-10,15-17H,11-14,19H2,1-5H3. The topological polar surface area (TPSA) is 114 Å². The maximum atomic E-state index is 14.1. The summed E-state index contributed by atoms with van der Waals surface area (Å²) in [7, 11) is 0. The summed E-state index contributed by atoms with van der Waals surface area (Å²) in [5.74, 6) is 0. The molecule has 1 atom stereocenters. The molecule has 0 saturated carbocycles. The predicted molar refractivity (Wildman–Crippen MR) is 169 cm³/mol. The van der Waals surface area contributed by atoms with Crippen molar-refractivity contribution < 1.29 is 9.53 Å². The maximum Gasteiger partial charge on any atom is 0.410 e. The van der Waals surface area contributed by atoms with E-state index in [0.29, 0.717) is 51.7 Å². The highest BCUT2D eigenvalue weighted by Gasteiger charge is 2.41. The number of aromatic nitrogens is 4. The first-order chi connectivity index (χ1) is 20.4. The first-order valence-corrected chi connectivity index (χ1v) is 15.6. The molecule has 0 aliphatic carbocycles. The van der Waals surface area contributed by atoms with Crippen molar-refractivity contribution in [2.45, 2.75) is 57.8 Å². The van der Waals surface area contributed by atoms with Gasteiger partial charge >= 0.3 is 6.09 Å². The number of hydrogen-bond acceptors (Lipinski definition) is 8. The first kappa shape index (κ1) is 30.5. The summed E-state index contributed by atoms with van der Waals surface area (Å²) in [6.07, 6.45) is 3.97. The number of carbonyl (C=O) groups is 1. The molecule has 1 aromatic carbocycles. The van der Waals surface area contributed by atoms with Crippen molar-refractivity contribution in [1.29, 1.82) is 5.26 Å². The van der Waals surface area contributed by atoms with Crippen LogP contribution in [0.15, 0.2) is 58.6 Å². The van der Waals surface area contributed by atoms with Gasteiger partial charge in [-0.3, -0.25) is 14.3 Å². The number of halogens is 1. The molecular formula is C32H33ClN6O3S. The number of aryl methyl sites for hydroxylation is 2. The van der Waals surface area contributed by atoms with Gasteiger partial charge in [-0.25, -0.2) is 14.8 Å². The van der Waals surface area contributed by atoms with Gasteiger partial charge in [0.25, 0.3) is 5.56 Å². The van der Waals surface area contributed by atoms with Crippen LogP contribution in [-0.4, -0.2) is 55.5 Å². The highest BCUT2D eigenvalue weighted by molar-refractivity contribution is 7.98. The first-order valence-electron chi connectivity index (χ1n) is 14.0. The van der Waals surface area contributed by atoms with Crippen molar-refractivity contribution in [3.8, 4) is 28.5 Å². The third-order valence-corrected chi connectivity index (χ3v) is 8.36. The van der Waals surface area contributed by atoms with Gasteiger partial charge in [0.15, 0.2) is 5.16 Å². The summed E-state index contributed by atoms with van der Waals surface area (Å²) in [4.78, 5) is 42.1. The third-order valence-electron chi connectivity index (χ3n) is 7.49. The van der Waals surface area contributed by atoms with Crippen LogP contribution < -0.4 is 5.56 Å². The zero-order valence-electron chi connectivity index (χ0n) is 24.8. The average molecular weight is 617 g/mol. The number of carbonyl (C=O) groups excluding carboxylic acids is 1. The second-order valence-electron chi connectivity index (χ2n) is 11.8. The fourth-order valence-electron chi connectivity index (χ4n) is 5.27. The van der Waals surface area contributed by atoms with Gasteiger partial charge in [-0.1, -0.05) is 41.6 Å². The molecule has 43 heavy (non-hydrogen) atoms. The van der Waals surface area contributed by atoms with E-state index in [1.165, 1.54) is 11.8 Å². The van der Waals surface area contributed by atoms with E-state index in [9.17, 15) is 14.9 Å². The van der Waals surface area contributed by atoms with Crippen molar-refractivity contribution in [2.75, 3.05) is 19.3 Å². The lowest BCUT2D eigenvalue weighted by Gasteiger charge is -2.26. The zero-order valence-corrected chi connectivity index (χ0v) is 26.4.